The second-order valence-corrected chi connectivity index (χ2v) is 7.72. The number of rotatable bonds is 7. The number of amides is 2. The average Bonchev–Trinajstić information content (AvgIpc) is 2.75. The first-order valence-electron chi connectivity index (χ1n) is 10.4. The van der Waals surface area contributed by atoms with Crippen molar-refractivity contribution >= 4 is 11.8 Å². The Morgan fingerprint density at radius 2 is 2.07 bits per heavy atom. The molecule has 2 aliphatic heterocycles. The molecular formula is C21H32N4O3. The van der Waals surface area contributed by atoms with Crippen molar-refractivity contribution in [3.8, 4) is 0 Å². The standard InChI is InChI=1S/C21H32N4O3/c1-2-17-16-25(21(27)19-4-3-6-22-15-19)8-5-18(17)14-20(26)23-7-9-24-10-12-28-13-11-24/h3-4,6,15,17-18H,2,5,7-14,16H2,1H3,(H,23,26). The summed E-state index contributed by atoms with van der Waals surface area (Å²) < 4.78 is 5.35. The van der Waals surface area contributed by atoms with Crippen LogP contribution in [0.5, 0.6) is 0 Å². The molecule has 7 heteroatoms. The quantitative estimate of drug-likeness (QED) is 0.764. The van der Waals surface area contributed by atoms with Gasteiger partial charge in [-0.05, 0) is 30.4 Å². The number of morpholine rings is 1. The third-order valence-electron chi connectivity index (χ3n) is 5.91. The van der Waals surface area contributed by atoms with Gasteiger partial charge in [-0.3, -0.25) is 19.5 Å². The van der Waals surface area contributed by atoms with Crippen molar-refractivity contribution in [3.63, 3.8) is 0 Å². The lowest BCUT2D eigenvalue weighted by Gasteiger charge is -2.38. The summed E-state index contributed by atoms with van der Waals surface area (Å²) in [4.78, 5) is 33.4. The molecule has 1 aromatic rings. The van der Waals surface area contributed by atoms with Crippen LogP contribution in [0.1, 0.15) is 36.5 Å². The number of piperidine rings is 1. The Labute approximate surface area is 167 Å². The van der Waals surface area contributed by atoms with Gasteiger partial charge in [-0.2, -0.15) is 0 Å². The van der Waals surface area contributed by atoms with Crippen LogP contribution < -0.4 is 5.32 Å². The number of carbonyl (C=O) groups excluding carboxylic acids is 2. The van der Waals surface area contributed by atoms with E-state index in [1.807, 2.05) is 11.0 Å². The van der Waals surface area contributed by atoms with Gasteiger partial charge in [-0.25, -0.2) is 0 Å². The van der Waals surface area contributed by atoms with E-state index in [0.717, 1.165) is 52.2 Å². The minimum atomic E-state index is 0.0416. The van der Waals surface area contributed by atoms with Crippen LogP contribution in [0.25, 0.3) is 0 Å². The van der Waals surface area contributed by atoms with Gasteiger partial charge in [-0.15, -0.1) is 0 Å². The van der Waals surface area contributed by atoms with E-state index in [2.05, 4.69) is 22.1 Å². The molecule has 3 rings (SSSR count). The average molecular weight is 389 g/mol. The zero-order valence-electron chi connectivity index (χ0n) is 16.8. The predicted octanol–water partition coefficient (Wildman–Crippen LogP) is 1.41. The van der Waals surface area contributed by atoms with Crippen LogP contribution in [-0.2, 0) is 9.53 Å². The van der Waals surface area contributed by atoms with E-state index in [1.165, 1.54) is 0 Å². The van der Waals surface area contributed by atoms with Crippen molar-refractivity contribution in [3.05, 3.63) is 30.1 Å². The number of ether oxygens (including phenoxy) is 1. The fraction of sp³-hybridized carbons (Fsp3) is 0.667. The molecule has 2 unspecified atom stereocenters. The van der Waals surface area contributed by atoms with Crippen molar-refractivity contribution in [2.24, 2.45) is 11.8 Å². The van der Waals surface area contributed by atoms with Crippen molar-refractivity contribution in [2.45, 2.75) is 26.2 Å². The molecule has 0 spiro atoms. The fourth-order valence-electron chi connectivity index (χ4n) is 4.16. The number of hydrogen-bond donors (Lipinski definition) is 1. The Balaban J connectivity index is 1.43. The number of nitrogens with zero attached hydrogens (tertiary/aromatic N) is 3. The summed E-state index contributed by atoms with van der Waals surface area (Å²) in [6.45, 7) is 8.58. The summed E-state index contributed by atoms with van der Waals surface area (Å²) >= 11 is 0. The van der Waals surface area contributed by atoms with Gasteiger partial charge in [0.15, 0.2) is 0 Å². The van der Waals surface area contributed by atoms with Gasteiger partial charge < -0.3 is 15.0 Å². The lowest BCUT2D eigenvalue weighted by Crippen LogP contribution is -2.45. The van der Waals surface area contributed by atoms with Crippen molar-refractivity contribution in [1.29, 1.82) is 0 Å². The fourth-order valence-corrected chi connectivity index (χ4v) is 4.16. The Morgan fingerprint density at radius 3 is 2.79 bits per heavy atom. The first-order valence-corrected chi connectivity index (χ1v) is 10.4. The van der Waals surface area contributed by atoms with Crippen LogP contribution in [0, 0.1) is 11.8 Å². The molecule has 0 bridgehead atoms. The second-order valence-electron chi connectivity index (χ2n) is 7.72. The molecule has 2 saturated heterocycles. The molecule has 0 aromatic carbocycles. The largest absolute Gasteiger partial charge is 0.379 e. The first kappa shape index (κ1) is 20.7. The Hall–Kier alpha value is -1.99. The second kappa shape index (κ2) is 10.5. The van der Waals surface area contributed by atoms with Crippen LogP contribution in [-0.4, -0.2) is 79.1 Å². The third kappa shape index (κ3) is 5.75. The Kier molecular flexibility index (Phi) is 7.80. The molecular weight excluding hydrogens is 356 g/mol. The van der Waals surface area contributed by atoms with Gasteiger partial charge in [-0.1, -0.05) is 13.3 Å². The summed E-state index contributed by atoms with van der Waals surface area (Å²) in [5.41, 5.74) is 0.636. The number of aromatic nitrogens is 1. The number of hydrogen-bond acceptors (Lipinski definition) is 5. The maximum Gasteiger partial charge on any atom is 0.255 e. The first-order chi connectivity index (χ1) is 13.7. The predicted molar refractivity (Wildman–Crippen MR) is 107 cm³/mol. The summed E-state index contributed by atoms with van der Waals surface area (Å²) in [6, 6.07) is 3.60. The topological polar surface area (TPSA) is 74.8 Å². The molecule has 7 nitrogen and oxygen atoms in total. The highest BCUT2D eigenvalue weighted by Gasteiger charge is 2.32. The lowest BCUT2D eigenvalue weighted by molar-refractivity contribution is -0.122. The van der Waals surface area contributed by atoms with Crippen molar-refractivity contribution < 1.29 is 14.3 Å². The smallest absolute Gasteiger partial charge is 0.255 e. The van der Waals surface area contributed by atoms with Crippen molar-refractivity contribution in [2.75, 3.05) is 52.5 Å². The van der Waals surface area contributed by atoms with Gasteiger partial charge in [0.25, 0.3) is 5.91 Å². The third-order valence-corrected chi connectivity index (χ3v) is 5.91. The molecule has 1 aromatic heterocycles. The zero-order valence-corrected chi connectivity index (χ0v) is 16.8. The highest BCUT2D eigenvalue weighted by molar-refractivity contribution is 5.94. The molecule has 154 valence electrons. The van der Waals surface area contributed by atoms with E-state index in [4.69, 9.17) is 4.74 Å². The highest BCUT2D eigenvalue weighted by Crippen LogP contribution is 2.29. The molecule has 2 amide bonds. The molecule has 2 atom stereocenters. The molecule has 3 heterocycles. The van der Waals surface area contributed by atoms with E-state index in [1.54, 1.807) is 18.5 Å². The minimum absolute atomic E-state index is 0.0416. The number of nitrogens with one attached hydrogen (secondary N) is 1. The maximum atomic E-state index is 12.7. The van der Waals surface area contributed by atoms with Crippen LogP contribution in [0.4, 0.5) is 0 Å². The van der Waals surface area contributed by atoms with Crippen LogP contribution in [0.2, 0.25) is 0 Å². The molecule has 0 saturated carbocycles. The van der Waals surface area contributed by atoms with Gasteiger partial charge in [0.1, 0.15) is 0 Å². The summed E-state index contributed by atoms with van der Waals surface area (Å²) in [5, 5.41) is 3.07. The number of carbonyl (C=O) groups is 2. The number of likely N-dealkylation sites (tertiary alicyclic amines) is 1. The van der Waals surface area contributed by atoms with Crippen LogP contribution >= 0.6 is 0 Å². The maximum absolute atomic E-state index is 12.7. The highest BCUT2D eigenvalue weighted by atomic mass is 16.5. The lowest BCUT2D eigenvalue weighted by atomic mass is 9.81. The minimum Gasteiger partial charge on any atom is -0.379 e. The van der Waals surface area contributed by atoms with Crippen LogP contribution in [0.3, 0.4) is 0 Å². The monoisotopic (exact) mass is 388 g/mol. The Bertz CT molecular complexity index is 634. The number of pyridine rings is 1. The van der Waals surface area contributed by atoms with Gasteiger partial charge in [0.05, 0.1) is 18.8 Å². The Morgan fingerprint density at radius 1 is 1.25 bits per heavy atom. The summed E-state index contributed by atoms with van der Waals surface area (Å²) in [6.07, 6.45) is 5.70. The molecule has 0 radical (unpaired) electrons. The van der Waals surface area contributed by atoms with E-state index in [9.17, 15) is 9.59 Å². The van der Waals surface area contributed by atoms with Crippen LogP contribution in [0.15, 0.2) is 24.5 Å². The van der Waals surface area contributed by atoms with Gasteiger partial charge in [0.2, 0.25) is 5.91 Å². The van der Waals surface area contributed by atoms with Gasteiger partial charge in [0, 0.05) is 58.1 Å². The molecule has 0 aliphatic carbocycles. The van der Waals surface area contributed by atoms with Crippen molar-refractivity contribution in [1.82, 2.24) is 20.1 Å². The molecule has 2 aliphatic rings. The molecule has 28 heavy (non-hydrogen) atoms. The van der Waals surface area contributed by atoms with Gasteiger partial charge >= 0.3 is 0 Å². The summed E-state index contributed by atoms with van der Waals surface area (Å²) in [5.74, 6) is 0.870. The summed E-state index contributed by atoms with van der Waals surface area (Å²) in [7, 11) is 0. The van der Waals surface area contributed by atoms with E-state index >= 15 is 0 Å². The van der Waals surface area contributed by atoms with E-state index < -0.39 is 0 Å². The molecule has 2 fully saturated rings. The normalized spacial score (nSPS) is 23.4. The SMILES string of the molecule is CCC1CN(C(=O)c2cccnc2)CCC1CC(=O)NCCN1CCOCC1. The van der Waals surface area contributed by atoms with E-state index in [0.29, 0.717) is 36.9 Å². The molecule has 1 N–H and O–H groups in total. The zero-order chi connectivity index (χ0) is 19.8. The van der Waals surface area contributed by atoms with E-state index in [-0.39, 0.29) is 11.8 Å².